The van der Waals surface area contributed by atoms with Gasteiger partial charge in [0.05, 0.1) is 11.1 Å². The largest absolute Gasteiger partial charge is 0.478 e. The molecule has 0 aliphatic carbocycles. The number of carbonyl (C=O) groups excluding carboxylic acids is 1. The van der Waals surface area contributed by atoms with E-state index >= 15 is 0 Å². The number of rotatable bonds is 4. The average Bonchev–Trinajstić information content (AvgIpc) is 3.53. The van der Waals surface area contributed by atoms with Crippen LogP contribution in [-0.2, 0) is 19.6 Å². The lowest BCUT2D eigenvalue weighted by atomic mass is 10.0. The molecule has 0 spiro atoms. The molecule has 5 nitrogen and oxygen atoms in total. The van der Waals surface area contributed by atoms with Crippen LogP contribution in [0.1, 0.15) is 33.3 Å². The lowest BCUT2D eigenvalue weighted by Gasteiger charge is -2.29. The molecule has 0 atom stereocenters. The van der Waals surface area contributed by atoms with E-state index in [0.717, 1.165) is 40.9 Å². The molecule has 4 aromatic rings. The van der Waals surface area contributed by atoms with E-state index in [2.05, 4.69) is 52.2 Å². The zero-order valence-electron chi connectivity index (χ0n) is 17.7. The number of carbonyl (C=O) groups is 1. The minimum atomic E-state index is -0.0773. The summed E-state index contributed by atoms with van der Waals surface area (Å²) in [6.45, 7) is 5.01. The van der Waals surface area contributed by atoms with Crippen LogP contribution in [0.25, 0.3) is 17.0 Å². The van der Waals surface area contributed by atoms with Gasteiger partial charge in [-0.05, 0) is 42.6 Å². The summed E-state index contributed by atoms with van der Waals surface area (Å²) in [5.74, 6) is 1.71. The number of ether oxygens (including phenoxy) is 2. The van der Waals surface area contributed by atoms with E-state index in [9.17, 15) is 4.79 Å². The molecule has 0 saturated heterocycles. The molecule has 0 radical (unpaired) electrons. The Kier molecular flexibility index (Phi) is 4.63. The Labute approximate surface area is 190 Å². The number of benzene rings is 2. The van der Waals surface area contributed by atoms with Gasteiger partial charge in [0.25, 0.3) is 0 Å². The fourth-order valence-electron chi connectivity index (χ4n) is 4.52. The van der Waals surface area contributed by atoms with E-state index < -0.39 is 0 Å². The normalized spacial score (nSPS) is 16.8. The van der Waals surface area contributed by atoms with Crippen molar-refractivity contribution in [1.82, 2.24) is 9.47 Å². The second kappa shape index (κ2) is 7.65. The summed E-state index contributed by atoms with van der Waals surface area (Å²) in [5.41, 5.74) is 3.69. The molecular weight excluding hydrogens is 420 g/mol. The monoisotopic (exact) mass is 442 g/mol. The maximum absolute atomic E-state index is 13.2. The van der Waals surface area contributed by atoms with Crippen molar-refractivity contribution >= 4 is 34.1 Å². The first kappa shape index (κ1) is 19.3. The van der Waals surface area contributed by atoms with E-state index in [4.69, 9.17) is 9.47 Å². The third-order valence-electron chi connectivity index (χ3n) is 6.09. The molecule has 0 bridgehead atoms. The fraction of sp³-hybridized carbons (Fsp3) is 0.192. The number of fused-ring (bicyclic) bond motifs is 4. The number of aryl methyl sites for hydroxylation is 1. The number of allylic oxidation sites excluding steroid dienone is 1. The molecule has 0 N–H and O–H groups in total. The van der Waals surface area contributed by atoms with Crippen molar-refractivity contribution in [3.8, 4) is 11.5 Å². The summed E-state index contributed by atoms with van der Waals surface area (Å²) in [4.78, 5) is 16.7. The number of hydrogen-bond acceptors (Lipinski definition) is 5. The third kappa shape index (κ3) is 3.15. The summed E-state index contributed by atoms with van der Waals surface area (Å²) in [6, 6.07) is 16.1. The highest BCUT2D eigenvalue weighted by molar-refractivity contribution is 7.09. The standard InChI is InChI=1S/C26H22N2O3S/c1-2-28-13-17(19-7-3-4-8-22(19)28)12-24-25(29)20-9-10-23-21(26(20)31-24)15-27(16-30-23)14-18-6-5-11-32-18/h3-13H,2,14-16H2,1H3/b24-12-. The van der Waals surface area contributed by atoms with Gasteiger partial charge in [0, 0.05) is 47.2 Å². The van der Waals surface area contributed by atoms with E-state index in [1.54, 1.807) is 11.3 Å². The molecule has 32 heavy (non-hydrogen) atoms. The van der Waals surface area contributed by atoms with Crippen molar-refractivity contribution in [3.63, 3.8) is 0 Å². The Morgan fingerprint density at radius 1 is 1.12 bits per heavy atom. The average molecular weight is 443 g/mol. The van der Waals surface area contributed by atoms with Crippen molar-refractivity contribution < 1.29 is 14.3 Å². The van der Waals surface area contributed by atoms with Crippen LogP contribution in [0.5, 0.6) is 11.5 Å². The van der Waals surface area contributed by atoms with E-state index in [-0.39, 0.29) is 5.78 Å². The second-order valence-corrected chi connectivity index (χ2v) is 9.12. The number of nitrogens with zero attached hydrogens (tertiary/aromatic N) is 2. The third-order valence-corrected chi connectivity index (χ3v) is 6.95. The summed E-state index contributed by atoms with van der Waals surface area (Å²) < 4.78 is 14.4. The van der Waals surface area contributed by atoms with Crippen LogP contribution in [0.15, 0.2) is 65.9 Å². The van der Waals surface area contributed by atoms with E-state index in [1.165, 1.54) is 4.88 Å². The van der Waals surface area contributed by atoms with Gasteiger partial charge in [-0.1, -0.05) is 24.3 Å². The molecule has 2 aliphatic heterocycles. The SMILES string of the molecule is CCn1cc(/C=C2\Oc3c(ccc4c3CN(Cc3cccs3)CO4)C2=O)c2ccccc21. The lowest BCUT2D eigenvalue weighted by molar-refractivity contribution is 0.0882. The topological polar surface area (TPSA) is 43.7 Å². The van der Waals surface area contributed by atoms with Gasteiger partial charge in [-0.15, -0.1) is 11.3 Å². The Bertz CT molecular complexity index is 1370. The molecule has 0 unspecified atom stereocenters. The number of hydrogen-bond donors (Lipinski definition) is 0. The van der Waals surface area contributed by atoms with Crippen molar-refractivity contribution in [1.29, 1.82) is 0 Å². The molecule has 2 aromatic heterocycles. The van der Waals surface area contributed by atoms with Gasteiger partial charge < -0.3 is 14.0 Å². The van der Waals surface area contributed by atoms with Gasteiger partial charge >= 0.3 is 0 Å². The smallest absolute Gasteiger partial charge is 0.231 e. The van der Waals surface area contributed by atoms with Gasteiger partial charge in [-0.3, -0.25) is 9.69 Å². The Balaban J connectivity index is 1.35. The molecule has 0 fully saturated rings. The van der Waals surface area contributed by atoms with Crippen molar-refractivity contribution in [3.05, 3.63) is 87.4 Å². The molecule has 4 heterocycles. The second-order valence-electron chi connectivity index (χ2n) is 8.09. The summed E-state index contributed by atoms with van der Waals surface area (Å²) in [7, 11) is 0. The van der Waals surface area contributed by atoms with Crippen LogP contribution in [0.2, 0.25) is 0 Å². The molecule has 6 rings (SSSR count). The quantitative estimate of drug-likeness (QED) is 0.381. The van der Waals surface area contributed by atoms with Gasteiger partial charge in [0.2, 0.25) is 5.78 Å². The van der Waals surface area contributed by atoms with Crippen LogP contribution in [0.3, 0.4) is 0 Å². The number of Topliss-reactive ketones (excluding diaryl/α,β-unsaturated/α-hetero) is 1. The molecule has 2 aliphatic rings. The minimum absolute atomic E-state index is 0.0773. The highest BCUT2D eigenvalue weighted by Crippen LogP contribution is 2.42. The van der Waals surface area contributed by atoms with Crippen LogP contribution in [0.4, 0.5) is 0 Å². The number of aromatic nitrogens is 1. The zero-order valence-corrected chi connectivity index (χ0v) is 18.5. The van der Waals surface area contributed by atoms with Crippen molar-refractivity contribution in [2.45, 2.75) is 26.6 Å². The Hall–Kier alpha value is -3.35. The Morgan fingerprint density at radius 2 is 2.03 bits per heavy atom. The van der Waals surface area contributed by atoms with E-state index in [1.807, 2.05) is 30.3 Å². The first-order chi connectivity index (χ1) is 15.7. The van der Waals surface area contributed by atoms with Crippen molar-refractivity contribution in [2.75, 3.05) is 6.73 Å². The van der Waals surface area contributed by atoms with Gasteiger partial charge in [0.15, 0.2) is 5.76 Å². The molecular formula is C26H22N2O3S. The number of ketones is 1. The molecule has 2 aromatic carbocycles. The van der Waals surface area contributed by atoms with Crippen LogP contribution >= 0.6 is 11.3 Å². The molecule has 0 saturated carbocycles. The first-order valence-electron chi connectivity index (χ1n) is 10.8. The Morgan fingerprint density at radius 3 is 2.88 bits per heavy atom. The predicted octanol–water partition coefficient (Wildman–Crippen LogP) is 5.69. The number of para-hydroxylation sites is 1. The summed E-state index contributed by atoms with van der Waals surface area (Å²) in [6.07, 6.45) is 3.95. The highest BCUT2D eigenvalue weighted by Gasteiger charge is 2.33. The predicted molar refractivity (Wildman–Crippen MR) is 126 cm³/mol. The molecule has 160 valence electrons. The van der Waals surface area contributed by atoms with Gasteiger partial charge in [0.1, 0.15) is 18.2 Å². The fourth-order valence-corrected chi connectivity index (χ4v) is 5.27. The first-order valence-corrected chi connectivity index (χ1v) is 11.6. The van der Waals surface area contributed by atoms with Crippen LogP contribution < -0.4 is 9.47 Å². The zero-order chi connectivity index (χ0) is 21.7. The van der Waals surface area contributed by atoms with Gasteiger partial charge in [-0.2, -0.15) is 0 Å². The maximum atomic E-state index is 13.2. The maximum Gasteiger partial charge on any atom is 0.231 e. The molecule has 6 heteroatoms. The minimum Gasteiger partial charge on any atom is -0.478 e. The lowest BCUT2D eigenvalue weighted by Crippen LogP contribution is -2.31. The summed E-state index contributed by atoms with van der Waals surface area (Å²) in [5, 5.41) is 3.20. The molecule has 0 amide bonds. The van der Waals surface area contributed by atoms with E-state index in [0.29, 0.717) is 30.3 Å². The van der Waals surface area contributed by atoms with Gasteiger partial charge in [-0.25, -0.2) is 0 Å². The summed E-state index contributed by atoms with van der Waals surface area (Å²) >= 11 is 1.74. The highest BCUT2D eigenvalue weighted by atomic mass is 32.1. The van der Waals surface area contributed by atoms with Crippen LogP contribution in [-0.4, -0.2) is 22.0 Å². The number of thiophene rings is 1. The van der Waals surface area contributed by atoms with Crippen LogP contribution in [0, 0.1) is 0 Å². The van der Waals surface area contributed by atoms with Crippen molar-refractivity contribution in [2.24, 2.45) is 0 Å².